The van der Waals surface area contributed by atoms with Crippen LogP contribution in [0.25, 0.3) is 0 Å². The maximum atomic E-state index is 11.9. The van der Waals surface area contributed by atoms with Crippen molar-refractivity contribution >= 4 is 15.7 Å². The fourth-order valence-electron chi connectivity index (χ4n) is 1.36. The van der Waals surface area contributed by atoms with Crippen molar-refractivity contribution in [3.8, 4) is 5.75 Å². The second-order valence-electron chi connectivity index (χ2n) is 4.19. The number of nitrogens with two attached hydrogens (primary N) is 1. The number of rotatable bonds is 6. The van der Waals surface area contributed by atoms with E-state index in [-0.39, 0.29) is 4.90 Å². The van der Waals surface area contributed by atoms with E-state index in [1.54, 1.807) is 6.07 Å². The molecular formula is C12H20N2O3S. The lowest BCUT2D eigenvalue weighted by Crippen LogP contribution is -2.22. The summed E-state index contributed by atoms with van der Waals surface area (Å²) in [6.07, 6.45) is 1.98. The lowest BCUT2D eigenvalue weighted by Gasteiger charge is -2.13. The van der Waals surface area contributed by atoms with E-state index >= 15 is 0 Å². The van der Waals surface area contributed by atoms with Gasteiger partial charge in [0.1, 0.15) is 5.75 Å². The number of unbranched alkanes of at least 4 members (excludes halogenated alkanes) is 1. The Morgan fingerprint density at radius 1 is 1.33 bits per heavy atom. The molecule has 0 atom stereocenters. The number of anilines is 1. The van der Waals surface area contributed by atoms with Gasteiger partial charge in [-0.25, -0.2) is 12.7 Å². The summed E-state index contributed by atoms with van der Waals surface area (Å²) in [6, 6.07) is 4.53. The van der Waals surface area contributed by atoms with Gasteiger partial charge < -0.3 is 10.5 Å². The van der Waals surface area contributed by atoms with Gasteiger partial charge in [0, 0.05) is 14.1 Å². The molecule has 0 aromatic heterocycles. The Hall–Kier alpha value is -1.27. The van der Waals surface area contributed by atoms with Gasteiger partial charge in [-0.2, -0.15) is 0 Å². The zero-order chi connectivity index (χ0) is 13.8. The van der Waals surface area contributed by atoms with Crippen LogP contribution in [0.4, 0.5) is 5.69 Å². The van der Waals surface area contributed by atoms with Gasteiger partial charge in [-0.15, -0.1) is 0 Å². The van der Waals surface area contributed by atoms with E-state index in [9.17, 15) is 8.42 Å². The lowest BCUT2D eigenvalue weighted by molar-refractivity contribution is 0.311. The first kappa shape index (κ1) is 14.8. The van der Waals surface area contributed by atoms with Gasteiger partial charge in [-0.3, -0.25) is 0 Å². The van der Waals surface area contributed by atoms with E-state index in [2.05, 4.69) is 6.92 Å². The molecule has 0 unspecified atom stereocenters. The molecule has 18 heavy (non-hydrogen) atoms. The highest BCUT2D eigenvalue weighted by atomic mass is 32.2. The van der Waals surface area contributed by atoms with Crippen LogP contribution >= 0.6 is 0 Å². The van der Waals surface area contributed by atoms with Crippen molar-refractivity contribution in [3.63, 3.8) is 0 Å². The highest BCUT2D eigenvalue weighted by molar-refractivity contribution is 7.89. The average Bonchev–Trinajstić information content (AvgIpc) is 2.31. The third-order valence-electron chi connectivity index (χ3n) is 2.52. The Labute approximate surface area is 109 Å². The number of nitrogen functional groups attached to an aromatic ring is 1. The molecule has 0 saturated carbocycles. The zero-order valence-corrected chi connectivity index (χ0v) is 11.8. The van der Waals surface area contributed by atoms with Crippen LogP contribution in [0.15, 0.2) is 23.1 Å². The highest BCUT2D eigenvalue weighted by Crippen LogP contribution is 2.26. The minimum atomic E-state index is -3.44. The summed E-state index contributed by atoms with van der Waals surface area (Å²) in [7, 11) is -0.477. The molecule has 1 rings (SSSR count). The second-order valence-corrected chi connectivity index (χ2v) is 6.34. The van der Waals surface area contributed by atoms with Crippen molar-refractivity contribution in [2.45, 2.75) is 24.7 Å². The topological polar surface area (TPSA) is 72.6 Å². The molecule has 0 aliphatic heterocycles. The summed E-state index contributed by atoms with van der Waals surface area (Å²) in [5.74, 6) is 0.529. The molecule has 0 heterocycles. The molecule has 5 nitrogen and oxygen atoms in total. The molecule has 0 spiro atoms. The summed E-state index contributed by atoms with van der Waals surface area (Å²) in [6.45, 7) is 2.65. The zero-order valence-electron chi connectivity index (χ0n) is 11.0. The normalized spacial score (nSPS) is 11.8. The number of hydrogen-bond acceptors (Lipinski definition) is 4. The van der Waals surface area contributed by atoms with Crippen LogP contribution in [0.1, 0.15) is 19.8 Å². The van der Waals surface area contributed by atoms with Crippen LogP contribution in [0.3, 0.4) is 0 Å². The fraction of sp³-hybridized carbons (Fsp3) is 0.500. The van der Waals surface area contributed by atoms with Gasteiger partial charge in [0.05, 0.1) is 17.2 Å². The van der Waals surface area contributed by atoms with Crippen LogP contribution in [-0.4, -0.2) is 33.4 Å². The van der Waals surface area contributed by atoms with Crippen molar-refractivity contribution in [1.29, 1.82) is 0 Å². The molecule has 1 aromatic carbocycles. The molecular weight excluding hydrogens is 252 g/mol. The molecule has 0 aliphatic rings. The van der Waals surface area contributed by atoms with Gasteiger partial charge >= 0.3 is 0 Å². The summed E-state index contributed by atoms with van der Waals surface area (Å²) < 4.78 is 30.4. The first-order valence-corrected chi connectivity index (χ1v) is 7.28. The highest BCUT2D eigenvalue weighted by Gasteiger charge is 2.18. The Kier molecular flexibility index (Phi) is 4.98. The van der Waals surface area contributed by atoms with Gasteiger partial charge in [0.15, 0.2) is 0 Å². The molecule has 0 bridgehead atoms. The SMILES string of the molecule is CCCCOc1ccc(S(=O)(=O)N(C)C)cc1N. The molecule has 0 aliphatic carbocycles. The minimum absolute atomic E-state index is 0.174. The van der Waals surface area contributed by atoms with Crippen molar-refractivity contribution in [2.24, 2.45) is 0 Å². The molecule has 0 fully saturated rings. The number of ether oxygens (including phenoxy) is 1. The predicted molar refractivity (Wildman–Crippen MR) is 72.1 cm³/mol. The Bertz CT molecular complexity index is 498. The number of sulfonamides is 1. The van der Waals surface area contributed by atoms with Crippen molar-refractivity contribution in [2.75, 3.05) is 26.4 Å². The van der Waals surface area contributed by atoms with Crippen molar-refractivity contribution in [1.82, 2.24) is 4.31 Å². The lowest BCUT2D eigenvalue weighted by atomic mass is 10.3. The largest absolute Gasteiger partial charge is 0.491 e. The Morgan fingerprint density at radius 3 is 2.50 bits per heavy atom. The third-order valence-corrected chi connectivity index (χ3v) is 4.33. The Balaban J connectivity index is 2.93. The summed E-state index contributed by atoms with van der Waals surface area (Å²) in [5, 5.41) is 0. The minimum Gasteiger partial charge on any atom is -0.491 e. The standard InChI is InChI=1S/C12H20N2O3S/c1-4-5-8-17-12-7-6-10(9-11(12)13)18(15,16)14(2)3/h6-7,9H,4-5,8,13H2,1-3H3. The van der Waals surface area contributed by atoms with E-state index in [1.807, 2.05) is 0 Å². The first-order chi connectivity index (χ1) is 8.39. The second kappa shape index (κ2) is 6.06. The van der Waals surface area contributed by atoms with E-state index in [4.69, 9.17) is 10.5 Å². The van der Waals surface area contributed by atoms with Gasteiger partial charge in [-0.05, 0) is 24.6 Å². The quantitative estimate of drug-likeness (QED) is 0.632. The average molecular weight is 272 g/mol. The smallest absolute Gasteiger partial charge is 0.242 e. The third kappa shape index (κ3) is 3.36. The fourth-order valence-corrected chi connectivity index (χ4v) is 2.29. The van der Waals surface area contributed by atoms with Crippen LogP contribution in [0, 0.1) is 0 Å². The maximum Gasteiger partial charge on any atom is 0.242 e. The van der Waals surface area contributed by atoms with E-state index in [1.165, 1.54) is 26.2 Å². The number of nitrogens with zero attached hydrogens (tertiary/aromatic N) is 1. The molecule has 6 heteroatoms. The maximum absolute atomic E-state index is 11.9. The van der Waals surface area contributed by atoms with E-state index < -0.39 is 10.0 Å². The van der Waals surface area contributed by atoms with Crippen LogP contribution in [-0.2, 0) is 10.0 Å². The van der Waals surface area contributed by atoms with Crippen LogP contribution in [0.2, 0.25) is 0 Å². The summed E-state index contributed by atoms with van der Waals surface area (Å²) >= 11 is 0. The molecule has 0 radical (unpaired) electrons. The van der Waals surface area contributed by atoms with E-state index in [0.717, 1.165) is 17.1 Å². The van der Waals surface area contributed by atoms with Crippen molar-refractivity contribution < 1.29 is 13.2 Å². The summed E-state index contributed by atoms with van der Waals surface area (Å²) in [5.41, 5.74) is 6.13. The predicted octanol–water partition coefficient (Wildman–Crippen LogP) is 1.70. The van der Waals surface area contributed by atoms with Crippen molar-refractivity contribution in [3.05, 3.63) is 18.2 Å². The number of benzene rings is 1. The molecule has 0 amide bonds. The molecule has 2 N–H and O–H groups in total. The van der Waals surface area contributed by atoms with Crippen LogP contribution < -0.4 is 10.5 Å². The summed E-state index contributed by atoms with van der Waals surface area (Å²) in [4.78, 5) is 0.174. The Morgan fingerprint density at radius 2 is 2.00 bits per heavy atom. The van der Waals surface area contributed by atoms with Gasteiger partial charge in [-0.1, -0.05) is 13.3 Å². The molecule has 1 aromatic rings. The van der Waals surface area contributed by atoms with Gasteiger partial charge in [0.25, 0.3) is 0 Å². The monoisotopic (exact) mass is 272 g/mol. The number of hydrogen-bond donors (Lipinski definition) is 1. The van der Waals surface area contributed by atoms with E-state index in [0.29, 0.717) is 18.0 Å². The van der Waals surface area contributed by atoms with Gasteiger partial charge in [0.2, 0.25) is 10.0 Å². The first-order valence-electron chi connectivity index (χ1n) is 5.84. The molecule has 102 valence electrons. The molecule has 0 saturated heterocycles. The van der Waals surface area contributed by atoms with Crippen LogP contribution in [0.5, 0.6) is 5.75 Å².